The summed E-state index contributed by atoms with van der Waals surface area (Å²) in [6.07, 6.45) is 2.49. The third kappa shape index (κ3) is 3.19. The molecule has 1 fully saturated rings. The van der Waals surface area contributed by atoms with Crippen LogP contribution in [-0.2, 0) is 15.9 Å². The largest absolute Gasteiger partial charge is 0.381 e. The van der Waals surface area contributed by atoms with Crippen LogP contribution in [-0.4, -0.2) is 39.0 Å². The van der Waals surface area contributed by atoms with Crippen molar-refractivity contribution in [3.63, 3.8) is 0 Å². The Morgan fingerprint density at radius 3 is 2.70 bits per heavy atom. The maximum atomic E-state index is 13.4. The van der Waals surface area contributed by atoms with Crippen LogP contribution in [0.3, 0.4) is 0 Å². The van der Waals surface area contributed by atoms with Gasteiger partial charge in [-0.25, -0.2) is 4.39 Å². The van der Waals surface area contributed by atoms with E-state index in [-0.39, 0.29) is 17.5 Å². The predicted octanol–water partition coefficient (Wildman–Crippen LogP) is 2.46. The number of methoxy groups -OCH3 is 1. The SMILES string of the molecule is CNC(Cc1cc(F)ccc1C)C1(OC)CCOCC1. The Bertz CT molecular complexity index is 444. The zero-order valence-corrected chi connectivity index (χ0v) is 12.5. The van der Waals surface area contributed by atoms with Gasteiger partial charge in [0, 0.05) is 39.2 Å². The lowest BCUT2D eigenvalue weighted by Crippen LogP contribution is -2.55. The number of rotatable bonds is 5. The molecule has 1 heterocycles. The second-order valence-electron chi connectivity index (χ2n) is 5.50. The first-order valence-electron chi connectivity index (χ1n) is 7.16. The van der Waals surface area contributed by atoms with Crippen LogP contribution >= 0.6 is 0 Å². The summed E-state index contributed by atoms with van der Waals surface area (Å²) in [5.41, 5.74) is 1.92. The summed E-state index contributed by atoms with van der Waals surface area (Å²) in [6, 6.07) is 5.12. The van der Waals surface area contributed by atoms with Crippen LogP contribution in [0.4, 0.5) is 4.39 Å². The maximum absolute atomic E-state index is 13.4. The summed E-state index contributed by atoms with van der Waals surface area (Å²) in [4.78, 5) is 0. The van der Waals surface area contributed by atoms with Crippen LogP contribution in [0.25, 0.3) is 0 Å². The van der Waals surface area contributed by atoms with Crippen molar-refractivity contribution in [2.75, 3.05) is 27.4 Å². The molecule has 1 aliphatic heterocycles. The number of likely N-dealkylation sites (N-methyl/N-ethyl adjacent to an activating group) is 1. The van der Waals surface area contributed by atoms with Gasteiger partial charge in [-0.15, -0.1) is 0 Å². The monoisotopic (exact) mass is 281 g/mol. The highest BCUT2D eigenvalue weighted by molar-refractivity contribution is 5.28. The van der Waals surface area contributed by atoms with Gasteiger partial charge in [-0.1, -0.05) is 6.07 Å². The Morgan fingerprint density at radius 1 is 1.40 bits per heavy atom. The van der Waals surface area contributed by atoms with E-state index in [0.717, 1.165) is 30.4 Å². The smallest absolute Gasteiger partial charge is 0.123 e. The van der Waals surface area contributed by atoms with Gasteiger partial charge in [-0.05, 0) is 43.7 Å². The van der Waals surface area contributed by atoms with Gasteiger partial charge in [0.2, 0.25) is 0 Å². The molecule has 4 heteroatoms. The van der Waals surface area contributed by atoms with Gasteiger partial charge in [0.25, 0.3) is 0 Å². The van der Waals surface area contributed by atoms with Crippen molar-refractivity contribution in [3.8, 4) is 0 Å². The summed E-state index contributed by atoms with van der Waals surface area (Å²) in [7, 11) is 3.70. The summed E-state index contributed by atoms with van der Waals surface area (Å²) >= 11 is 0. The Kier molecular flexibility index (Phi) is 5.13. The Hall–Kier alpha value is -0.970. The standard InChI is InChI=1S/C16H24FNO2/c1-12-4-5-14(17)10-13(12)11-15(18-2)16(19-3)6-8-20-9-7-16/h4-5,10,15,18H,6-9,11H2,1-3H3. The molecule has 0 radical (unpaired) electrons. The van der Waals surface area contributed by atoms with Gasteiger partial charge in [0.15, 0.2) is 0 Å². The first-order valence-corrected chi connectivity index (χ1v) is 7.16. The summed E-state index contributed by atoms with van der Waals surface area (Å²) in [6.45, 7) is 3.45. The lowest BCUT2D eigenvalue weighted by Gasteiger charge is -2.42. The van der Waals surface area contributed by atoms with Crippen LogP contribution in [0.2, 0.25) is 0 Å². The Balaban J connectivity index is 2.21. The predicted molar refractivity (Wildman–Crippen MR) is 77.5 cm³/mol. The van der Waals surface area contributed by atoms with Crippen LogP contribution in [0.5, 0.6) is 0 Å². The number of ether oxygens (including phenoxy) is 2. The van der Waals surface area contributed by atoms with Crippen molar-refractivity contribution in [2.24, 2.45) is 0 Å². The highest BCUT2D eigenvalue weighted by atomic mass is 19.1. The summed E-state index contributed by atoms with van der Waals surface area (Å²) < 4.78 is 24.7. The van der Waals surface area contributed by atoms with Gasteiger partial charge >= 0.3 is 0 Å². The molecule has 0 spiro atoms. The zero-order chi connectivity index (χ0) is 14.6. The molecule has 20 heavy (non-hydrogen) atoms. The van der Waals surface area contributed by atoms with E-state index in [2.05, 4.69) is 5.32 Å². The quantitative estimate of drug-likeness (QED) is 0.899. The van der Waals surface area contributed by atoms with E-state index >= 15 is 0 Å². The maximum Gasteiger partial charge on any atom is 0.123 e. The molecule has 1 aromatic carbocycles. The van der Waals surface area contributed by atoms with Crippen LogP contribution in [0.1, 0.15) is 24.0 Å². The van der Waals surface area contributed by atoms with E-state index in [9.17, 15) is 4.39 Å². The molecule has 0 aromatic heterocycles. The molecule has 0 saturated carbocycles. The summed E-state index contributed by atoms with van der Waals surface area (Å²) in [5, 5.41) is 3.36. The molecule has 0 amide bonds. The van der Waals surface area contributed by atoms with E-state index in [0.29, 0.717) is 13.2 Å². The normalized spacial score (nSPS) is 19.8. The van der Waals surface area contributed by atoms with Crippen molar-refractivity contribution in [3.05, 3.63) is 35.1 Å². The fourth-order valence-corrected chi connectivity index (χ4v) is 3.04. The van der Waals surface area contributed by atoms with Crippen LogP contribution < -0.4 is 5.32 Å². The second kappa shape index (κ2) is 6.66. The van der Waals surface area contributed by atoms with Crippen molar-refractivity contribution < 1.29 is 13.9 Å². The van der Waals surface area contributed by atoms with Crippen LogP contribution in [0, 0.1) is 12.7 Å². The first-order chi connectivity index (χ1) is 9.61. The summed E-state index contributed by atoms with van der Waals surface area (Å²) in [5.74, 6) is -0.182. The third-order valence-electron chi connectivity index (χ3n) is 4.46. The molecular weight excluding hydrogens is 257 g/mol. The number of hydrogen-bond donors (Lipinski definition) is 1. The van der Waals surface area contributed by atoms with Crippen molar-refractivity contribution in [1.82, 2.24) is 5.32 Å². The van der Waals surface area contributed by atoms with Crippen molar-refractivity contribution in [1.29, 1.82) is 0 Å². The van der Waals surface area contributed by atoms with E-state index in [1.54, 1.807) is 13.2 Å². The molecule has 1 aliphatic rings. The lowest BCUT2D eigenvalue weighted by molar-refractivity contribution is -0.109. The average Bonchev–Trinajstić information content (AvgIpc) is 2.48. The topological polar surface area (TPSA) is 30.5 Å². The van der Waals surface area contributed by atoms with E-state index in [1.165, 1.54) is 6.07 Å². The highest BCUT2D eigenvalue weighted by Crippen LogP contribution is 2.30. The Labute approximate surface area is 120 Å². The molecular formula is C16H24FNO2. The number of halogens is 1. The molecule has 3 nitrogen and oxygen atoms in total. The molecule has 1 unspecified atom stereocenters. The average molecular weight is 281 g/mol. The number of hydrogen-bond acceptors (Lipinski definition) is 3. The molecule has 1 atom stereocenters. The molecule has 1 aromatic rings. The van der Waals surface area contributed by atoms with Gasteiger partial charge in [-0.3, -0.25) is 0 Å². The fourth-order valence-electron chi connectivity index (χ4n) is 3.04. The second-order valence-corrected chi connectivity index (χ2v) is 5.50. The highest BCUT2D eigenvalue weighted by Gasteiger charge is 2.40. The van der Waals surface area contributed by atoms with E-state index < -0.39 is 0 Å². The van der Waals surface area contributed by atoms with E-state index in [4.69, 9.17) is 9.47 Å². The molecule has 1 N–H and O–H groups in total. The molecule has 0 bridgehead atoms. The molecule has 2 rings (SSSR count). The Morgan fingerprint density at radius 2 is 2.10 bits per heavy atom. The van der Waals surface area contributed by atoms with Crippen LogP contribution in [0.15, 0.2) is 18.2 Å². The molecule has 112 valence electrons. The molecule has 1 saturated heterocycles. The zero-order valence-electron chi connectivity index (χ0n) is 12.5. The number of aryl methyl sites for hydroxylation is 1. The first kappa shape index (κ1) is 15.4. The molecule has 0 aliphatic carbocycles. The minimum atomic E-state index is -0.230. The van der Waals surface area contributed by atoms with Crippen molar-refractivity contribution in [2.45, 2.75) is 37.8 Å². The fraction of sp³-hybridized carbons (Fsp3) is 0.625. The van der Waals surface area contributed by atoms with E-state index in [1.807, 2.05) is 20.0 Å². The minimum absolute atomic E-state index is 0.150. The minimum Gasteiger partial charge on any atom is -0.381 e. The third-order valence-corrected chi connectivity index (χ3v) is 4.46. The number of benzene rings is 1. The van der Waals surface area contributed by atoms with Crippen molar-refractivity contribution >= 4 is 0 Å². The van der Waals surface area contributed by atoms with Gasteiger partial charge in [-0.2, -0.15) is 0 Å². The van der Waals surface area contributed by atoms with Gasteiger partial charge < -0.3 is 14.8 Å². The number of nitrogens with one attached hydrogen (secondary N) is 1. The lowest BCUT2D eigenvalue weighted by atomic mass is 9.82. The van der Waals surface area contributed by atoms with Gasteiger partial charge in [0.1, 0.15) is 5.82 Å². The van der Waals surface area contributed by atoms with Gasteiger partial charge in [0.05, 0.1) is 5.60 Å².